The largest absolute Gasteiger partial charge is 0.489 e. The summed E-state index contributed by atoms with van der Waals surface area (Å²) in [4.78, 5) is 10.2. The molecule has 2 N–H and O–H groups in total. The van der Waals surface area contributed by atoms with E-state index in [4.69, 9.17) is 4.74 Å². The molecule has 0 spiro atoms. The lowest BCUT2D eigenvalue weighted by molar-refractivity contribution is -0.385. The summed E-state index contributed by atoms with van der Waals surface area (Å²) in [6.45, 7) is 4.43. The Morgan fingerprint density at radius 2 is 2.21 bits per heavy atom. The SMILES string of the molecule is CC(C)NCC(O)COc1cc([N+](=O)[O-])ccc1Br. The van der Waals surface area contributed by atoms with Crippen molar-refractivity contribution >= 4 is 21.6 Å². The van der Waals surface area contributed by atoms with E-state index in [0.717, 1.165) is 0 Å². The molecule has 0 fully saturated rings. The van der Waals surface area contributed by atoms with Gasteiger partial charge in [-0.15, -0.1) is 0 Å². The van der Waals surface area contributed by atoms with Crippen LogP contribution in [0.25, 0.3) is 0 Å². The molecule has 0 amide bonds. The van der Waals surface area contributed by atoms with E-state index in [1.54, 1.807) is 6.07 Å². The fourth-order valence-corrected chi connectivity index (χ4v) is 1.69. The van der Waals surface area contributed by atoms with Crippen LogP contribution in [0, 0.1) is 10.1 Å². The predicted molar refractivity (Wildman–Crippen MR) is 75.4 cm³/mol. The number of hydrogen-bond donors (Lipinski definition) is 2. The van der Waals surface area contributed by atoms with Gasteiger partial charge in [-0.2, -0.15) is 0 Å². The molecule has 0 aliphatic carbocycles. The Hall–Kier alpha value is -1.18. The smallest absolute Gasteiger partial charge is 0.273 e. The van der Waals surface area contributed by atoms with Gasteiger partial charge in [-0.1, -0.05) is 13.8 Å². The van der Waals surface area contributed by atoms with Crippen LogP contribution in [0.1, 0.15) is 13.8 Å². The van der Waals surface area contributed by atoms with E-state index in [1.807, 2.05) is 13.8 Å². The number of ether oxygens (including phenoxy) is 1. The number of nitrogens with one attached hydrogen (secondary N) is 1. The molecule has 1 aromatic carbocycles. The first-order valence-corrected chi connectivity index (χ1v) is 6.67. The molecule has 106 valence electrons. The molecule has 0 heterocycles. The molecule has 1 unspecified atom stereocenters. The van der Waals surface area contributed by atoms with Gasteiger partial charge in [0.05, 0.1) is 15.5 Å². The Balaban J connectivity index is 2.57. The highest BCUT2D eigenvalue weighted by Gasteiger charge is 2.12. The average Bonchev–Trinajstić information content (AvgIpc) is 2.35. The maximum atomic E-state index is 10.7. The average molecular weight is 333 g/mol. The molecule has 1 atom stereocenters. The number of benzene rings is 1. The first-order chi connectivity index (χ1) is 8.90. The Morgan fingerprint density at radius 3 is 2.79 bits per heavy atom. The number of nitrogens with zero attached hydrogens (tertiary/aromatic N) is 1. The topological polar surface area (TPSA) is 84.6 Å². The van der Waals surface area contributed by atoms with Gasteiger partial charge in [0.25, 0.3) is 5.69 Å². The Kier molecular flexibility index (Phi) is 6.20. The highest BCUT2D eigenvalue weighted by atomic mass is 79.9. The molecule has 0 aromatic heterocycles. The van der Waals surface area contributed by atoms with E-state index in [9.17, 15) is 15.2 Å². The van der Waals surface area contributed by atoms with Crippen LogP contribution in [0.4, 0.5) is 5.69 Å². The van der Waals surface area contributed by atoms with E-state index in [-0.39, 0.29) is 18.3 Å². The highest BCUT2D eigenvalue weighted by molar-refractivity contribution is 9.10. The van der Waals surface area contributed by atoms with E-state index in [1.165, 1.54) is 12.1 Å². The minimum Gasteiger partial charge on any atom is -0.489 e. The predicted octanol–water partition coefficient (Wildman–Crippen LogP) is 2.09. The third-order valence-corrected chi connectivity index (χ3v) is 2.97. The van der Waals surface area contributed by atoms with Crippen LogP contribution in [-0.4, -0.2) is 35.3 Å². The first kappa shape index (κ1) is 15.9. The molecule has 19 heavy (non-hydrogen) atoms. The molecule has 0 aliphatic heterocycles. The normalized spacial score (nSPS) is 12.5. The molecular formula is C12H17BrN2O4. The quantitative estimate of drug-likeness (QED) is 0.590. The summed E-state index contributed by atoms with van der Waals surface area (Å²) >= 11 is 3.25. The second-order valence-electron chi connectivity index (χ2n) is 4.40. The van der Waals surface area contributed by atoms with E-state index in [2.05, 4.69) is 21.2 Å². The minimum absolute atomic E-state index is 0.0482. The maximum Gasteiger partial charge on any atom is 0.273 e. The third-order valence-electron chi connectivity index (χ3n) is 2.32. The summed E-state index contributed by atoms with van der Waals surface area (Å²) in [5, 5.41) is 23.4. The van der Waals surface area contributed by atoms with Gasteiger partial charge in [-0.05, 0) is 22.0 Å². The van der Waals surface area contributed by atoms with Crippen LogP contribution in [-0.2, 0) is 0 Å². The number of aliphatic hydroxyl groups is 1. The summed E-state index contributed by atoms with van der Waals surface area (Å²) in [5.74, 6) is 0.345. The lowest BCUT2D eigenvalue weighted by Gasteiger charge is -2.15. The molecule has 0 saturated carbocycles. The van der Waals surface area contributed by atoms with E-state index >= 15 is 0 Å². The fourth-order valence-electron chi connectivity index (χ4n) is 1.33. The lowest BCUT2D eigenvalue weighted by Crippen LogP contribution is -2.35. The lowest BCUT2D eigenvalue weighted by atomic mass is 10.3. The van der Waals surface area contributed by atoms with Gasteiger partial charge in [0.1, 0.15) is 18.5 Å². The van der Waals surface area contributed by atoms with Crippen LogP contribution in [0.15, 0.2) is 22.7 Å². The zero-order valence-corrected chi connectivity index (χ0v) is 12.4. The van der Waals surface area contributed by atoms with Crippen molar-refractivity contribution in [1.82, 2.24) is 5.32 Å². The van der Waals surface area contributed by atoms with Crippen LogP contribution >= 0.6 is 15.9 Å². The van der Waals surface area contributed by atoms with Crippen molar-refractivity contribution in [1.29, 1.82) is 0 Å². The summed E-state index contributed by atoms with van der Waals surface area (Å²) in [6.07, 6.45) is -0.673. The van der Waals surface area contributed by atoms with E-state index in [0.29, 0.717) is 16.8 Å². The number of rotatable bonds is 7. The Labute approximate surface area is 120 Å². The van der Waals surface area contributed by atoms with Crippen molar-refractivity contribution in [3.05, 3.63) is 32.8 Å². The van der Waals surface area contributed by atoms with Gasteiger partial charge in [0.2, 0.25) is 0 Å². The van der Waals surface area contributed by atoms with Crippen molar-refractivity contribution in [3.8, 4) is 5.75 Å². The number of nitro groups is 1. The van der Waals surface area contributed by atoms with Gasteiger partial charge in [0.15, 0.2) is 0 Å². The molecular weight excluding hydrogens is 316 g/mol. The number of hydrogen-bond acceptors (Lipinski definition) is 5. The van der Waals surface area contributed by atoms with Gasteiger partial charge in [-0.3, -0.25) is 10.1 Å². The summed E-state index contributed by atoms with van der Waals surface area (Å²) in [6, 6.07) is 4.53. The monoisotopic (exact) mass is 332 g/mol. The van der Waals surface area contributed by atoms with Crippen molar-refractivity contribution in [2.24, 2.45) is 0 Å². The van der Waals surface area contributed by atoms with Crippen molar-refractivity contribution < 1.29 is 14.8 Å². The highest BCUT2D eigenvalue weighted by Crippen LogP contribution is 2.29. The standard InChI is InChI=1S/C12H17BrN2O4/c1-8(2)14-6-10(16)7-19-12-5-9(15(17)18)3-4-11(12)13/h3-5,8,10,14,16H,6-7H2,1-2H3. The minimum atomic E-state index is -0.673. The molecule has 6 nitrogen and oxygen atoms in total. The van der Waals surface area contributed by atoms with Gasteiger partial charge in [0, 0.05) is 18.7 Å². The number of aliphatic hydroxyl groups excluding tert-OH is 1. The second kappa shape index (κ2) is 7.42. The number of halogens is 1. The second-order valence-corrected chi connectivity index (χ2v) is 5.25. The fraction of sp³-hybridized carbons (Fsp3) is 0.500. The molecule has 0 aliphatic rings. The Bertz CT molecular complexity index is 440. The zero-order valence-electron chi connectivity index (χ0n) is 10.8. The third kappa shape index (κ3) is 5.54. The van der Waals surface area contributed by atoms with E-state index < -0.39 is 11.0 Å². The van der Waals surface area contributed by atoms with Gasteiger partial charge < -0.3 is 15.2 Å². The van der Waals surface area contributed by atoms with Crippen molar-refractivity contribution in [2.45, 2.75) is 26.0 Å². The van der Waals surface area contributed by atoms with Crippen LogP contribution < -0.4 is 10.1 Å². The number of nitro benzene ring substituents is 1. The maximum absolute atomic E-state index is 10.7. The van der Waals surface area contributed by atoms with Crippen LogP contribution in [0.5, 0.6) is 5.75 Å². The molecule has 7 heteroatoms. The van der Waals surface area contributed by atoms with Crippen molar-refractivity contribution in [3.63, 3.8) is 0 Å². The molecule has 1 aromatic rings. The summed E-state index contributed by atoms with van der Waals surface area (Å²) < 4.78 is 5.99. The molecule has 1 rings (SSSR count). The van der Waals surface area contributed by atoms with Crippen LogP contribution in [0.3, 0.4) is 0 Å². The molecule has 0 radical (unpaired) electrons. The number of non-ortho nitro benzene ring substituents is 1. The molecule has 0 saturated heterocycles. The van der Waals surface area contributed by atoms with Crippen molar-refractivity contribution in [2.75, 3.05) is 13.2 Å². The summed E-state index contributed by atoms with van der Waals surface area (Å²) in [5.41, 5.74) is -0.0482. The van der Waals surface area contributed by atoms with Gasteiger partial charge >= 0.3 is 0 Å². The molecule has 0 bridgehead atoms. The summed E-state index contributed by atoms with van der Waals surface area (Å²) in [7, 11) is 0. The van der Waals surface area contributed by atoms with Gasteiger partial charge in [-0.25, -0.2) is 0 Å². The zero-order chi connectivity index (χ0) is 14.4. The first-order valence-electron chi connectivity index (χ1n) is 5.88. The Morgan fingerprint density at radius 1 is 1.53 bits per heavy atom. The van der Waals surface area contributed by atoms with Crippen LogP contribution in [0.2, 0.25) is 0 Å².